The van der Waals surface area contributed by atoms with Crippen molar-refractivity contribution in [3.05, 3.63) is 35.9 Å². The van der Waals surface area contributed by atoms with Gasteiger partial charge < -0.3 is 10.2 Å². The van der Waals surface area contributed by atoms with Crippen LogP contribution in [0, 0.1) is 11.3 Å². The van der Waals surface area contributed by atoms with E-state index in [-0.39, 0.29) is 11.8 Å². The van der Waals surface area contributed by atoms with Gasteiger partial charge in [-0.15, -0.1) is 0 Å². The molecule has 0 spiro atoms. The van der Waals surface area contributed by atoms with Crippen LogP contribution in [0.5, 0.6) is 0 Å². The van der Waals surface area contributed by atoms with Gasteiger partial charge in [0.2, 0.25) is 11.8 Å². The molecule has 4 nitrogen and oxygen atoms in total. The highest BCUT2D eigenvalue weighted by atomic mass is 16.2. The van der Waals surface area contributed by atoms with Crippen LogP contribution in [-0.2, 0) is 16.1 Å². The Morgan fingerprint density at radius 2 is 1.95 bits per heavy atom. The normalized spacial score (nSPS) is 18.9. The van der Waals surface area contributed by atoms with Gasteiger partial charge in [-0.05, 0) is 38.2 Å². The first-order valence-corrected chi connectivity index (χ1v) is 8.03. The van der Waals surface area contributed by atoms with Crippen molar-refractivity contribution < 1.29 is 9.59 Å². The summed E-state index contributed by atoms with van der Waals surface area (Å²) in [5.74, 6) is 0.241. The number of nitrogens with one attached hydrogen (secondary N) is 1. The van der Waals surface area contributed by atoms with Gasteiger partial charge in [0.1, 0.15) is 5.41 Å². The summed E-state index contributed by atoms with van der Waals surface area (Å²) in [6.45, 7) is 7.56. The first-order valence-electron chi connectivity index (χ1n) is 8.03. The lowest BCUT2D eigenvalue weighted by Crippen LogP contribution is -2.51. The van der Waals surface area contributed by atoms with E-state index in [4.69, 9.17) is 0 Å². The fraction of sp³-hybridized carbons (Fsp3) is 0.556. The summed E-state index contributed by atoms with van der Waals surface area (Å²) < 4.78 is 0. The minimum Gasteiger partial charge on any atom is -0.351 e. The minimum absolute atomic E-state index is 0.0652. The monoisotopic (exact) mass is 302 g/mol. The van der Waals surface area contributed by atoms with Gasteiger partial charge in [0.25, 0.3) is 0 Å². The molecule has 1 unspecified atom stereocenters. The number of carbonyl (C=O) groups excluding carboxylic acids is 2. The summed E-state index contributed by atoms with van der Waals surface area (Å²) >= 11 is 0. The van der Waals surface area contributed by atoms with Gasteiger partial charge >= 0.3 is 0 Å². The fourth-order valence-electron chi connectivity index (χ4n) is 2.87. The van der Waals surface area contributed by atoms with Crippen molar-refractivity contribution >= 4 is 11.8 Å². The van der Waals surface area contributed by atoms with E-state index in [0.717, 1.165) is 31.5 Å². The van der Waals surface area contributed by atoms with Crippen LogP contribution >= 0.6 is 0 Å². The average Bonchev–Trinajstić information content (AvgIpc) is 2.52. The highest BCUT2D eigenvalue weighted by molar-refractivity contribution is 6.04. The standard InChI is InChI=1S/C18H26N2O2/c1-14-8-7-11-20(13-14)17(22)18(2,3)16(21)19-12-15-9-5-4-6-10-15/h4-6,9-10,14H,7-8,11-13H2,1-3H3,(H,19,21). The second-order valence-electron chi connectivity index (χ2n) is 6.79. The van der Waals surface area contributed by atoms with Crippen LogP contribution in [0.1, 0.15) is 39.2 Å². The molecule has 4 heteroatoms. The topological polar surface area (TPSA) is 49.4 Å². The third-order valence-corrected chi connectivity index (χ3v) is 4.34. The Hall–Kier alpha value is -1.84. The number of piperidine rings is 1. The van der Waals surface area contributed by atoms with Gasteiger partial charge in [0.15, 0.2) is 0 Å². The fourth-order valence-corrected chi connectivity index (χ4v) is 2.87. The second kappa shape index (κ2) is 6.95. The smallest absolute Gasteiger partial charge is 0.237 e. The number of likely N-dealkylation sites (tertiary alicyclic amines) is 1. The van der Waals surface area contributed by atoms with Crippen molar-refractivity contribution in [1.29, 1.82) is 0 Å². The van der Waals surface area contributed by atoms with Crippen LogP contribution in [0.2, 0.25) is 0 Å². The van der Waals surface area contributed by atoms with Crippen molar-refractivity contribution in [2.24, 2.45) is 11.3 Å². The van der Waals surface area contributed by atoms with Crippen molar-refractivity contribution in [1.82, 2.24) is 10.2 Å². The molecule has 1 saturated heterocycles. The lowest BCUT2D eigenvalue weighted by molar-refractivity contribution is -0.149. The molecule has 1 aliphatic heterocycles. The highest BCUT2D eigenvalue weighted by Crippen LogP contribution is 2.24. The molecule has 1 N–H and O–H groups in total. The van der Waals surface area contributed by atoms with E-state index in [1.54, 1.807) is 13.8 Å². The first-order chi connectivity index (χ1) is 10.4. The summed E-state index contributed by atoms with van der Waals surface area (Å²) in [7, 11) is 0. The zero-order valence-corrected chi connectivity index (χ0v) is 13.8. The molecule has 2 rings (SSSR count). The zero-order chi connectivity index (χ0) is 16.2. The predicted octanol–water partition coefficient (Wildman–Crippen LogP) is 2.59. The molecule has 2 amide bonds. The van der Waals surface area contributed by atoms with Crippen molar-refractivity contribution in [3.63, 3.8) is 0 Å². The summed E-state index contributed by atoms with van der Waals surface area (Å²) in [5.41, 5.74) is 0.0111. The third kappa shape index (κ3) is 3.87. The van der Waals surface area contributed by atoms with Crippen molar-refractivity contribution in [2.45, 2.75) is 40.2 Å². The summed E-state index contributed by atoms with van der Waals surface area (Å²) in [5, 5.41) is 2.88. The molecule has 0 saturated carbocycles. The third-order valence-electron chi connectivity index (χ3n) is 4.34. The number of amides is 2. The maximum Gasteiger partial charge on any atom is 0.237 e. The maximum atomic E-state index is 12.7. The van der Waals surface area contributed by atoms with E-state index >= 15 is 0 Å². The number of carbonyl (C=O) groups is 2. The number of nitrogens with zero attached hydrogens (tertiary/aromatic N) is 1. The first kappa shape index (κ1) is 16.5. The van der Waals surface area contributed by atoms with Gasteiger partial charge in [0, 0.05) is 19.6 Å². The van der Waals surface area contributed by atoms with Gasteiger partial charge in [-0.1, -0.05) is 37.3 Å². The number of rotatable bonds is 4. The quantitative estimate of drug-likeness (QED) is 0.869. The Labute approximate surface area is 132 Å². The lowest BCUT2D eigenvalue weighted by Gasteiger charge is -2.36. The molecule has 0 aromatic heterocycles. The summed E-state index contributed by atoms with van der Waals surface area (Å²) in [4.78, 5) is 27.0. The molecule has 0 bridgehead atoms. The van der Waals surface area contributed by atoms with Crippen LogP contribution in [0.25, 0.3) is 0 Å². The Morgan fingerprint density at radius 3 is 2.59 bits per heavy atom. The largest absolute Gasteiger partial charge is 0.351 e. The van der Waals surface area contributed by atoms with Gasteiger partial charge in [-0.2, -0.15) is 0 Å². The Bertz CT molecular complexity index is 525. The van der Waals surface area contributed by atoms with Crippen LogP contribution in [0.3, 0.4) is 0 Å². The van der Waals surface area contributed by atoms with E-state index in [0.29, 0.717) is 12.5 Å². The van der Waals surface area contributed by atoms with E-state index in [1.807, 2.05) is 35.2 Å². The number of benzene rings is 1. The number of hydrogen-bond acceptors (Lipinski definition) is 2. The summed E-state index contributed by atoms with van der Waals surface area (Å²) in [6, 6.07) is 9.74. The Morgan fingerprint density at radius 1 is 1.27 bits per heavy atom. The molecule has 1 heterocycles. The van der Waals surface area contributed by atoms with E-state index < -0.39 is 5.41 Å². The lowest BCUT2D eigenvalue weighted by atomic mass is 9.88. The van der Waals surface area contributed by atoms with Crippen LogP contribution < -0.4 is 5.32 Å². The van der Waals surface area contributed by atoms with E-state index in [9.17, 15) is 9.59 Å². The van der Waals surface area contributed by atoms with E-state index in [1.165, 1.54) is 0 Å². The molecule has 0 radical (unpaired) electrons. The van der Waals surface area contributed by atoms with Crippen molar-refractivity contribution in [3.8, 4) is 0 Å². The highest BCUT2D eigenvalue weighted by Gasteiger charge is 2.39. The van der Waals surface area contributed by atoms with Gasteiger partial charge in [0.05, 0.1) is 0 Å². The van der Waals surface area contributed by atoms with Gasteiger partial charge in [-0.25, -0.2) is 0 Å². The molecule has 120 valence electrons. The molecule has 22 heavy (non-hydrogen) atoms. The Kier molecular flexibility index (Phi) is 5.22. The van der Waals surface area contributed by atoms with Crippen LogP contribution in [0.4, 0.5) is 0 Å². The maximum absolute atomic E-state index is 12.7. The second-order valence-corrected chi connectivity index (χ2v) is 6.79. The van der Waals surface area contributed by atoms with Crippen LogP contribution in [-0.4, -0.2) is 29.8 Å². The molecule has 1 aliphatic rings. The van der Waals surface area contributed by atoms with E-state index in [2.05, 4.69) is 12.2 Å². The predicted molar refractivity (Wildman–Crippen MR) is 87.0 cm³/mol. The Balaban J connectivity index is 1.95. The SMILES string of the molecule is CC1CCCN(C(=O)C(C)(C)C(=O)NCc2ccccc2)C1. The molecule has 1 aromatic carbocycles. The minimum atomic E-state index is -1.02. The van der Waals surface area contributed by atoms with Crippen molar-refractivity contribution in [2.75, 3.05) is 13.1 Å². The molecule has 1 fully saturated rings. The van der Waals surface area contributed by atoms with Crippen LogP contribution in [0.15, 0.2) is 30.3 Å². The zero-order valence-electron chi connectivity index (χ0n) is 13.8. The molecule has 1 aromatic rings. The molecule has 1 atom stereocenters. The average molecular weight is 302 g/mol. The molecule has 0 aliphatic carbocycles. The summed E-state index contributed by atoms with van der Waals surface area (Å²) in [6.07, 6.45) is 2.18. The molecular formula is C18H26N2O2. The van der Waals surface area contributed by atoms with Gasteiger partial charge in [-0.3, -0.25) is 9.59 Å². The number of hydrogen-bond donors (Lipinski definition) is 1. The molecular weight excluding hydrogens is 276 g/mol.